The summed E-state index contributed by atoms with van der Waals surface area (Å²) >= 11 is 6.16. The van der Waals surface area contributed by atoms with Gasteiger partial charge in [-0.2, -0.15) is 10.2 Å². The first-order chi connectivity index (χ1) is 13.2. The number of nitrogens with two attached hydrogens (primary N) is 1. The second-order valence-electron chi connectivity index (χ2n) is 7.12. The van der Waals surface area contributed by atoms with Crippen LogP contribution >= 0.6 is 11.6 Å². The minimum atomic E-state index is -0.329. The second-order valence-corrected chi connectivity index (χ2v) is 7.51. The first-order valence-corrected chi connectivity index (χ1v) is 9.02. The van der Waals surface area contributed by atoms with Crippen molar-refractivity contribution in [3.05, 3.63) is 52.9 Å². The van der Waals surface area contributed by atoms with Gasteiger partial charge in [0.2, 0.25) is 0 Å². The smallest absolute Gasteiger partial charge is 0.257 e. The van der Waals surface area contributed by atoms with Crippen LogP contribution in [0.15, 0.2) is 31.0 Å². The molecule has 3 heterocycles. The van der Waals surface area contributed by atoms with Crippen molar-refractivity contribution >= 4 is 34.9 Å². The SMILES string of the molecule is C=Cc1c(C#CCNC(=O)c2cnn(C(C)(C)C)c2N)nn2c(Cl)cccc12. The second kappa shape index (κ2) is 7.41. The van der Waals surface area contributed by atoms with E-state index >= 15 is 0 Å². The molecule has 144 valence electrons. The van der Waals surface area contributed by atoms with Crippen LogP contribution < -0.4 is 11.1 Å². The van der Waals surface area contributed by atoms with E-state index in [0.717, 1.165) is 11.1 Å². The van der Waals surface area contributed by atoms with Crippen LogP contribution in [0.2, 0.25) is 5.15 Å². The number of fused-ring (bicyclic) bond motifs is 1. The fourth-order valence-corrected chi connectivity index (χ4v) is 2.97. The molecule has 0 radical (unpaired) electrons. The van der Waals surface area contributed by atoms with E-state index in [4.69, 9.17) is 17.3 Å². The van der Waals surface area contributed by atoms with Gasteiger partial charge in [0, 0.05) is 5.56 Å². The van der Waals surface area contributed by atoms with Crippen LogP contribution in [0.25, 0.3) is 11.6 Å². The molecule has 3 N–H and O–H groups in total. The normalized spacial score (nSPS) is 11.1. The Morgan fingerprint density at radius 1 is 1.43 bits per heavy atom. The van der Waals surface area contributed by atoms with Crippen molar-refractivity contribution in [3.8, 4) is 11.8 Å². The minimum absolute atomic E-state index is 0.136. The molecule has 0 aliphatic carbocycles. The maximum absolute atomic E-state index is 12.4. The summed E-state index contributed by atoms with van der Waals surface area (Å²) in [6.45, 7) is 9.83. The average Bonchev–Trinajstić information content (AvgIpc) is 3.19. The minimum Gasteiger partial charge on any atom is -0.383 e. The fourth-order valence-electron chi connectivity index (χ4n) is 2.76. The Kier molecular flexibility index (Phi) is 5.16. The zero-order valence-corrected chi connectivity index (χ0v) is 16.7. The van der Waals surface area contributed by atoms with Crippen LogP contribution in [0.4, 0.5) is 5.82 Å². The van der Waals surface area contributed by atoms with Crippen molar-refractivity contribution in [3.63, 3.8) is 0 Å². The molecule has 0 saturated heterocycles. The molecule has 28 heavy (non-hydrogen) atoms. The van der Waals surface area contributed by atoms with E-state index in [1.165, 1.54) is 6.20 Å². The summed E-state index contributed by atoms with van der Waals surface area (Å²) < 4.78 is 3.22. The van der Waals surface area contributed by atoms with Gasteiger partial charge in [0.05, 0.1) is 23.8 Å². The lowest BCUT2D eigenvalue weighted by molar-refractivity contribution is 0.0959. The monoisotopic (exact) mass is 396 g/mol. The van der Waals surface area contributed by atoms with E-state index < -0.39 is 0 Å². The molecule has 0 saturated carbocycles. The number of hydrogen-bond acceptors (Lipinski definition) is 4. The highest BCUT2D eigenvalue weighted by molar-refractivity contribution is 6.29. The lowest BCUT2D eigenvalue weighted by Crippen LogP contribution is -2.27. The molecular formula is C20H21ClN6O. The van der Waals surface area contributed by atoms with Gasteiger partial charge >= 0.3 is 0 Å². The van der Waals surface area contributed by atoms with Gasteiger partial charge in [-0.3, -0.25) is 4.79 Å². The summed E-state index contributed by atoms with van der Waals surface area (Å²) in [5, 5.41) is 11.8. The van der Waals surface area contributed by atoms with Gasteiger partial charge in [-0.25, -0.2) is 9.20 Å². The van der Waals surface area contributed by atoms with Crippen LogP contribution in [0.5, 0.6) is 0 Å². The summed E-state index contributed by atoms with van der Waals surface area (Å²) in [7, 11) is 0. The number of anilines is 1. The van der Waals surface area contributed by atoms with E-state index in [2.05, 4.69) is 33.9 Å². The lowest BCUT2D eigenvalue weighted by Gasteiger charge is -2.20. The van der Waals surface area contributed by atoms with Gasteiger partial charge in [0.15, 0.2) is 0 Å². The molecule has 0 spiro atoms. The van der Waals surface area contributed by atoms with E-state index in [1.807, 2.05) is 32.9 Å². The zero-order chi connectivity index (χ0) is 20.5. The molecule has 0 unspecified atom stereocenters. The quantitative estimate of drug-likeness (QED) is 0.526. The third kappa shape index (κ3) is 3.59. The molecule has 3 aromatic heterocycles. The molecular weight excluding hydrogens is 376 g/mol. The number of aromatic nitrogens is 4. The molecule has 3 aromatic rings. The summed E-state index contributed by atoms with van der Waals surface area (Å²) in [6, 6.07) is 5.47. The van der Waals surface area contributed by atoms with E-state index in [1.54, 1.807) is 21.3 Å². The molecule has 7 nitrogen and oxygen atoms in total. The predicted molar refractivity (Wildman–Crippen MR) is 111 cm³/mol. The van der Waals surface area contributed by atoms with Crippen LogP contribution in [0.1, 0.15) is 42.4 Å². The Bertz CT molecular complexity index is 1120. The Hall–Kier alpha value is -3.24. The van der Waals surface area contributed by atoms with E-state index in [9.17, 15) is 4.79 Å². The van der Waals surface area contributed by atoms with Crippen molar-refractivity contribution < 1.29 is 4.79 Å². The average molecular weight is 397 g/mol. The Balaban J connectivity index is 1.75. The molecule has 8 heteroatoms. The van der Waals surface area contributed by atoms with E-state index in [-0.39, 0.29) is 18.0 Å². The lowest BCUT2D eigenvalue weighted by atomic mass is 10.1. The van der Waals surface area contributed by atoms with Gasteiger partial charge in [-0.05, 0) is 38.8 Å². The Morgan fingerprint density at radius 3 is 2.82 bits per heavy atom. The number of rotatable bonds is 3. The molecule has 1 amide bonds. The highest BCUT2D eigenvalue weighted by Crippen LogP contribution is 2.21. The number of pyridine rings is 1. The van der Waals surface area contributed by atoms with Crippen LogP contribution in [0, 0.1) is 11.8 Å². The summed E-state index contributed by atoms with van der Waals surface area (Å²) in [5.41, 5.74) is 8.20. The molecule has 0 aliphatic heterocycles. The fraction of sp³-hybridized carbons (Fsp3) is 0.250. The maximum atomic E-state index is 12.4. The molecule has 0 aromatic carbocycles. The van der Waals surface area contributed by atoms with Gasteiger partial charge in [-0.1, -0.05) is 36.2 Å². The molecule has 3 rings (SSSR count). The van der Waals surface area contributed by atoms with Crippen molar-refractivity contribution in [1.29, 1.82) is 0 Å². The van der Waals surface area contributed by atoms with Crippen LogP contribution in [-0.2, 0) is 5.54 Å². The van der Waals surface area contributed by atoms with Crippen molar-refractivity contribution in [2.45, 2.75) is 26.3 Å². The van der Waals surface area contributed by atoms with Crippen LogP contribution in [-0.4, -0.2) is 31.8 Å². The third-order valence-electron chi connectivity index (χ3n) is 4.08. The highest BCUT2D eigenvalue weighted by atomic mass is 35.5. The van der Waals surface area contributed by atoms with Gasteiger partial charge in [0.1, 0.15) is 22.2 Å². The van der Waals surface area contributed by atoms with Gasteiger partial charge in [-0.15, -0.1) is 0 Å². The molecule has 0 aliphatic rings. The number of carbonyl (C=O) groups excluding carboxylic acids is 1. The number of hydrogen-bond donors (Lipinski definition) is 2. The number of carbonyl (C=O) groups is 1. The highest BCUT2D eigenvalue weighted by Gasteiger charge is 2.22. The van der Waals surface area contributed by atoms with Crippen molar-refractivity contribution in [2.75, 3.05) is 12.3 Å². The summed E-state index contributed by atoms with van der Waals surface area (Å²) in [6.07, 6.45) is 3.14. The number of nitrogens with one attached hydrogen (secondary N) is 1. The number of nitrogens with zero attached hydrogens (tertiary/aromatic N) is 4. The van der Waals surface area contributed by atoms with E-state index in [0.29, 0.717) is 22.2 Å². The first-order valence-electron chi connectivity index (χ1n) is 8.64. The first kappa shape index (κ1) is 19.5. The Morgan fingerprint density at radius 2 is 2.18 bits per heavy atom. The topological polar surface area (TPSA) is 90.2 Å². The zero-order valence-electron chi connectivity index (χ0n) is 16.0. The third-order valence-corrected chi connectivity index (χ3v) is 4.37. The van der Waals surface area contributed by atoms with Crippen molar-refractivity contribution in [1.82, 2.24) is 24.7 Å². The van der Waals surface area contributed by atoms with Crippen LogP contribution in [0.3, 0.4) is 0 Å². The van der Waals surface area contributed by atoms with Gasteiger partial charge < -0.3 is 11.1 Å². The summed E-state index contributed by atoms with van der Waals surface area (Å²) in [5.74, 6) is 5.84. The standard InChI is InChI=1S/C20H21ClN6O/c1-5-13-15(25-26-16(13)9-6-10-17(26)21)8-7-11-23-19(28)14-12-24-27(18(14)22)20(2,3)4/h5-6,9-10,12H,1,11,22H2,2-4H3,(H,23,28). The molecule has 0 bridgehead atoms. The van der Waals surface area contributed by atoms with Crippen molar-refractivity contribution in [2.24, 2.45) is 0 Å². The Labute approximate surface area is 168 Å². The largest absolute Gasteiger partial charge is 0.383 e. The molecule has 0 fully saturated rings. The molecule has 0 atom stereocenters. The number of amides is 1. The number of nitrogen functional groups attached to an aromatic ring is 1. The summed E-state index contributed by atoms with van der Waals surface area (Å²) in [4.78, 5) is 12.4. The number of halogens is 1. The maximum Gasteiger partial charge on any atom is 0.257 e. The predicted octanol–water partition coefficient (Wildman–Crippen LogP) is 2.95. The van der Waals surface area contributed by atoms with Gasteiger partial charge in [0.25, 0.3) is 5.91 Å².